The summed E-state index contributed by atoms with van der Waals surface area (Å²) in [4.78, 5) is 10.8. The molecule has 21 heavy (non-hydrogen) atoms. The molecule has 0 atom stereocenters. The molecular formula is C12H13Cl2NO5S. The Hall–Kier alpha value is -0.860. The van der Waals surface area contributed by atoms with E-state index in [4.69, 9.17) is 28.3 Å². The minimum Gasteiger partial charge on any atom is -0.478 e. The molecule has 0 amide bonds. The summed E-state index contributed by atoms with van der Waals surface area (Å²) in [7, 11) is -3.92. The molecule has 0 saturated carbocycles. The number of benzene rings is 1. The minimum atomic E-state index is -3.92. The van der Waals surface area contributed by atoms with E-state index in [-0.39, 0.29) is 23.0 Å². The van der Waals surface area contributed by atoms with Crippen LogP contribution in [0.3, 0.4) is 0 Å². The highest BCUT2D eigenvalue weighted by atomic mass is 35.5. The van der Waals surface area contributed by atoms with Gasteiger partial charge in [0.25, 0.3) is 0 Å². The number of carboxylic acids is 1. The lowest BCUT2D eigenvalue weighted by atomic mass is 10.1. The number of piperidine rings is 1. The molecule has 1 aliphatic heterocycles. The number of aromatic carboxylic acids is 1. The van der Waals surface area contributed by atoms with Gasteiger partial charge in [-0.15, -0.1) is 0 Å². The Balaban J connectivity index is 2.46. The van der Waals surface area contributed by atoms with Gasteiger partial charge in [0, 0.05) is 13.1 Å². The van der Waals surface area contributed by atoms with Crippen LogP contribution in [0.15, 0.2) is 17.0 Å². The van der Waals surface area contributed by atoms with Crippen molar-refractivity contribution in [2.24, 2.45) is 0 Å². The topological polar surface area (TPSA) is 94.9 Å². The van der Waals surface area contributed by atoms with Gasteiger partial charge in [0.2, 0.25) is 10.0 Å². The zero-order valence-corrected chi connectivity index (χ0v) is 13.1. The molecule has 1 saturated heterocycles. The normalized spacial score (nSPS) is 17.9. The first-order valence-corrected chi connectivity index (χ1v) is 8.34. The third kappa shape index (κ3) is 3.17. The van der Waals surface area contributed by atoms with Gasteiger partial charge in [0.15, 0.2) is 0 Å². The van der Waals surface area contributed by atoms with Crippen molar-refractivity contribution in [2.75, 3.05) is 13.1 Å². The van der Waals surface area contributed by atoms with Gasteiger partial charge in [0.05, 0.1) is 21.7 Å². The SMILES string of the molecule is O=C(O)c1c(Cl)ccc(S(=O)(=O)N2CCC(O)CC2)c1Cl. The molecule has 0 aliphatic carbocycles. The number of carboxylic acid groups (broad SMARTS) is 1. The van der Waals surface area contributed by atoms with E-state index in [1.165, 1.54) is 16.4 Å². The maximum atomic E-state index is 12.5. The van der Waals surface area contributed by atoms with Gasteiger partial charge in [-0.2, -0.15) is 4.31 Å². The first-order valence-electron chi connectivity index (χ1n) is 6.14. The maximum Gasteiger partial charge on any atom is 0.338 e. The van der Waals surface area contributed by atoms with Gasteiger partial charge in [-0.1, -0.05) is 23.2 Å². The largest absolute Gasteiger partial charge is 0.478 e. The van der Waals surface area contributed by atoms with Crippen LogP contribution in [0.1, 0.15) is 23.2 Å². The summed E-state index contributed by atoms with van der Waals surface area (Å²) < 4.78 is 26.2. The number of rotatable bonds is 3. The Morgan fingerprint density at radius 1 is 1.24 bits per heavy atom. The molecule has 1 heterocycles. The molecule has 1 aliphatic rings. The highest BCUT2D eigenvalue weighted by molar-refractivity contribution is 7.89. The van der Waals surface area contributed by atoms with Gasteiger partial charge in [-0.3, -0.25) is 0 Å². The lowest BCUT2D eigenvalue weighted by Crippen LogP contribution is -2.40. The van der Waals surface area contributed by atoms with Gasteiger partial charge < -0.3 is 10.2 Å². The molecule has 0 spiro atoms. The summed E-state index contributed by atoms with van der Waals surface area (Å²) >= 11 is 11.7. The van der Waals surface area contributed by atoms with E-state index in [0.717, 1.165) is 0 Å². The van der Waals surface area contributed by atoms with Crippen LogP contribution in [0.5, 0.6) is 0 Å². The Kier molecular flexibility index (Phi) is 4.79. The van der Waals surface area contributed by atoms with Gasteiger partial charge in [-0.05, 0) is 25.0 Å². The van der Waals surface area contributed by atoms with Gasteiger partial charge in [-0.25, -0.2) is 13.2 Å². The lowest BCUT2D eigenvalue weighted by molar-refractivity contribution is 0.0697. The quantitative estimate of drug-likeness (QED) is 0.864. The highest BCUT2D eigenvalue weighted by Crippen LogP contribution is 2.33. The Morgan fingerprint density at radius 2 is 1.81 bits per heavy atom. The van der Waals surface area contributed by atoms with Gasteiger partial charge in [0.1, 0.15) is 4.90 Å². The Labute approximate surface area is 131 Å². The minimum absolute atomic E-state index is 0.125. The second-order valence-corrected chi connectivity index (χ2v) is 7.37. The van der Waals surface area contributed by atoms with E-state index in [9.17, 15) is 18.3 Å². The van der Waals surface area contributed by atoms with Crippen LogP contribution in [0.2, 0.25) is 10.0 Å². The van der Waals surface area contributed by atoms with Crippen molar-refractivity contribution in [2.45, 2.75) is 23.8 Å². The number of hydrogen-bond acceptors (Lipinski definition) is 4. The average molecular weight is 354 g/mol. The standard InChI is InChI=1S/C12H13Cl2NO5S/c13-8-1-2-9(11(14)10(8)12(17)18)21(19,20)15-5-3-7(16)4-6-15/h1-2,7,16H,3-6H2,(H,17,18). The van der Waals surface area contributed by atoms with Crippen LogP contribution in [-0.2, 0) is 10.0 Å². The first-order chi connectivity index (χ1) is 9.75. The molecule has 1 fully saturated rings. The number of sulfonamides is 1. The van der Waals surface area contributed by atoms with Crippen LogP contribution in [0.25, 0.3) is 0 Å². The van der Waals surface area contributed by atoms with Crippen molar-refractivity contribution >= 4 is 39.2 Å². The van der Waals surface area contributed by atoms with Gasteiger partial charge >= 0.3 is 5.97 Å². The molecule has 2 N–H and O–H groups in total. The third-order valence-electron chi connectivity index (χ3n) is 3.31. The van der Waals surface area contributed by atoms with E-state index < -0.39 is 32.7 Å². The zero-order chi connectivity index (χ0) is 15.8. The molecule has 9 heteroatoms. The molecule has 2 rings (SSSR count). The van der Waals surface area contributed by atoms with Crippen LogP contribution in [0.4, 0.5) is 0 Å². The summed E-state index contributed by atoms with van der Waals surface area (Å²) in [6, 6.07) is 2.39. The zero-order valence-electron chi connectivity index (χ0n) is 10.8. The number of nitrogens with zero attached hydrogens (tertiary/aromatic N) is 1. The van der Waals surface area contributed by atoms with E-state index in [1.54, 1.807) is 0 Å². The second kappa shape index (κ2) is 6.10. The molecule has 1 aromatic rings. The molecule has 0 unspecified atom stereocenters. The van der Waals surface area contributed by atoms with Crippen LogP contribution in [-0.4, -0.2) is 48.1 Å². The molecular weight excluding hydrogens is 341 g/mol. The van der Waals surface area contributed by atoms with E-state index in [2.05, 4.69) is 0 Å². The molecule has 6 nitrogen and oxygen atoms in total. The third-order valence-corrected chi connectivity index (χ3v) is 6.07. The molecule has 0 radical (unpaired) electrons. The molecule has 116 valence electrons. The van der Waals surface area contributed by atoms with Crippen LogP contribution >= 0.6 is 23.2 Å². The van der Waals surface area contributed by atoms with Crippen LogP contribution < -0.4 is 0 Å². The highest BCUT2D eigenvalue weighted by Gasteiger charge is 2.32. The number of halogens is 2. The number of aliphatic hydroxyl groups is 1. The van der Waals surface area contributed by atoms with Crippen LogP contribution in [0, 0.1) is 0 Å². The van der Waals surface area contributed by atoms with Crippen molar-refractivity contribution in [3.63, 3.8) is 0 Å². The summed E-state index contributed by atoms with van der Waals surface area (Å²) in [5, 5.41) is 18.0. The van der Waals surface area contributed by atoms with Crippen molar-refractivity contribution in [1.82, 2.24) is 4.31 Å². The van der Waals surface area contributed by atoms with E-state index in [0.29, 0.717) is 12.8 Å². The number of hydrogen-bond donors (Lipinski definition) is 2. The molecule has 0 aromatic heterocycles. The Bertz CT molecular complexity index is 668. The lowest BCUT2D eigenvalue weighted by Gasteiger charge is -2.29. The summed E-state index contributed by atoms with van der Waals surface area (Å²) in [5.41, 5.74) is -0.434. The summed E-state index contributed by atoms with van der Waals surface area (Å²) in [5.74, 6) is -1.39. The fourth-order valence-electron chi connectivity index (χ4n) is 2.15. The first kappa shape index (κ1) is 16.5. The predicted octanol–water partition coefficient (Wildman–Crippen LogP) is 1.84. The monoisotopic (exact) mass is 353 g/mol. The summed E-state index contributed by atoms with van der Waals surface area (Å²) in [6.45, 7) is 0.315. The fraction of sp³-hybridized carbons (Fsp3) is 0.417. The van der Waals surface area contributed by atoms with Crippen molar-refractivity contribution in [3.8, 4) is 0 Å². The number of aliphatic hydroxyl groups excluding tert-OH is 1. The number of carbonyl (C=O) groups is 1. The maximum absolute atomic E-state index is 12.5. The predicted molar refractivity (Wildman–Crippen MR) is 77.4 cm³/mol. The molecule has 0 bridgehead atoms. The van der Waals surface area contributed by atoms with E-state index >= 15 is 0 Å². The smallest absolute Gasteiger partial charge is 0.338 e. The van der Waals surface area contributed by atoms with E-state index in [1.807, 2.05) is 0 Å². The Morgan fingerprint density at radius 3 is 2.33 bits per heavy atom. The van der Waals surface area contributed by atoms with Crippen molar-refractivity contribution in [1.29, 1.82) is 0 Å². The van der Waals surface area contributed by atoms with Crippen molar-refractivity contribution in [3.05, 3.63) is 27.7 Å². The fourth-order valence-corrected chi connectivity index (χ4v) is 4.51. The molecule has 1 aromatic carbocycles. The van der Waals surface area contributed by atoms with Crippen molar-refractivity contribution < 1.29 is 23.4 Å². The average Bonchev–Trinajstić information content (AvgIpc) is 2.38. The summed E-state index contributed by atoms with van der Waals surface area (Å²) in [6.07, 6.45) is 0.138. The second-order valence-electron chi connectivity index (χ2n) is 4.67.